The van der Waals surface area contributed by atoms with Crippen LogP contribution < -0.4 is 0 Å². The number of rotatable bonds is 1. The van der Waals surface area contributed by atoms with Crippen LogP contribution in [0.4, 0.5) is 4.39 Å². The molecule has 2 aliphatic heterocycles. The van der Waals surface area contributed by atoms with E-state index in [2.05, 4.69) is 6.08 Å². The number of allylic oxidation sites excluding steroid dienone is 2. The van der Waals surface area contributed by atoms with Crippen molar-refractivity contribution in [2.24, 2.45) is 0 Å². The van der Waals surface area contributed by atoms with Crippen LogP contribution in [-0.2, 0) is 4.79 Å². The minimum absolute atomic E-state index is 0.0891. The van der Waals surface area contributed by atoms with E-state index in [4.69, 9.17) is 0 Å². The molecule has 1 saturated heterocycles. The van der Waals surface area contributed by atoms with E-state index < -0.39 is 0 Å². The zero-order valence-corrected chi connectivity index (χ0v) is 10.9. The van der Waals surface area contributed by atoms with Gasteiger partial charge in [-0.05, 0) is 49.8 Å². The second kappa shape index (κ2) is 5.16. The van der Waals surface area contributed by atoms with Crippen LogP contribution in [0, 0.1) is 5.82 Å². The van der Waals surface area contributed by atoms with Gasteiger partial charge in [-0.2, -0.15) is 0 Å². The van der Waals surface area contributed by atoms with Crippen LogP contribution in [0.25, 0.3) is 0 Å². The number of carbonyl (C=O) groups excluding carboxylic acids is 1. The first-order valence-electron chi connectivity index (χ1n) is 7.02. The van der Waals surface area contributed by atoms with Gasteiger partial charge in [0.1, 0.15) is 5.82 Å². The monoisotopic (exact) mass is 259 g/mol. The Labute approximate surface area is 112 Å². The quantitative estimate of drug-likeness (QED) is 0.748. The van der Waals surface area contributed by atoms with Gasteiger partial charge < -0.3 is 4.90 Å². The predicted molar refractivity (Wildman–Crippen MR) is 71.8 cm³/mol. The zero-order valence-electron chi connectivity index (χ0n) is 10.9. The molecule has 0 bridgehead atoms. The van der Waals surface area contributed by atoms with Crippen molar-refractivity contribution in [3.63, 3.8) is 0 Å². The van der Waals surface area contributed by atoms with Crippen LogP contribution in [0.5, 0.6) is 0 Å². The van der Waals surface area contributed by atoms with E-state index in [-0.39, 0.29) is 17.8 Å². The highest BCUT2D eigenvalue weighted by Gasteiger charge is 2.31. The first-order valence-corrected chi connectivity index (χ1v) is 7.02. The molecule has 1 atom stereocenters. The second-order valence-corrected chi connectivity index (χ2v) is 5.31. The predicted octanol–water partition coefficient (Wildman–Crippen LogP) is 3.95. The van der Waals surface area contributed by atoms with Crippen LogP contribution in [0.3, 0.4) is 0 Å². The molecule has 100 valence electrons. The number of carbonyl (C=O) groups is 1. The summed E-state index contributed by atoms with van der Waals surface area (Å²) < 4.78 is 13.0. The summed E-state index contributed by atoms with van der Waals surface area (Å²) in [6.07, 6.45) is 7.82. The third kappa shape index (κ3) is 2.42. The zero-order chi connectivity index (χ0) is 13.2. The van der Waals surface area contributed by atoms with E-state index in [0.29, 0.717) is 6.42 Å². The van der Waals surface area contributed by atoms with Gasteiger partial charge in [0.2, 0.25) is 5.91 Å². The number of piperidine rings is 1. The van der Waals surface area contributed by atoms with Crippen molar-refractivity contribution < 1.29 is 9.18 Å². The maximum absolute atomic E-state index is 13.0. The number of nitrogens with zero attached hydrogens (tertiary/aromatic N) is 1. The standard InChI is InChI=1S/C16H18FNO/c17-13-10-8-12(9-11-13)15-6-3-5-14-4-1-2-7-16(19)18(14)15/h4,8-11,15H,1-3,5-7H2/t15-/m1/s1. The molecule has 2 heterocycles. The van der Waals surface area contributed by atoms with Crippen LogP contribution in [0.2, 0.25) is 0 Å². The minimum atomic E-state index is -0.225. The number of fused-ring (bicyclic) bond motifs is 1. The molecule has 0 aromatic heterocycles. The normalized spacial score (nSPS) is 23.6. The van der Waals surface area contributed by atoms with Gasteiger partial charge in [0.25, 0.3) is 0 Å². The van der Waals surface area contributed by atoms with Crippen molar-refractivity contribution in [2.45, 2.75) is 44.6 Å². The maximum Gasteiger partial charge on any atom is 0.227 e. The van der Waals surface area contributed by atoms with E-state index in [1.807, 2.05) is 4.90 Å². The van der Waals surface area contributed by atoms with E-state index >= 15 is 0 Å². The SMILES string of the molecule is O=C1CCCC=C2CCC[C@H](c3ccc(F)cc3)N12. The van der Waals surface area contributed by atoms with Gasteiger partial charge in [-0.3, -0.25) is 4.79 Å². The fourth-order valence-corrected chi connectivity index (χ4v) is 3.10. The van der Waals surface area contributed by atoms with Gasteiger partial charge in [0, 0.05) is 12.1 Å². The van der Waals surface area contributed by atoms with Gasteiger partial charge in [-0.1, -0.05) is 18.2 Å². The topological polar surface area (TPSA) is 20.3 Å². The van der Waals surface area contributed by atoms with Crippen LogP contribution in [0.1, 0.15) is 50.1 Å². The summed E-state index contributed by atoms with van der Waals surface area (Å²) in [5.74, 6) is -0.00436. The molecule has 2 aliphatic rings. The summed E-state index contributed by atoms with van der Waals surface area (Å²) in [7, 11) is 0. The van der Waals surface area contributed by atoms with Gasteiger partial charge in [0.15, 0.2) is 0 Å². The van der Waals surface area contributed by atoms with E-state index in [1.54, 1.807) is 12.1 Å². The van der Waals surface area contributed by atoms with Gasteiger partial charge in [-0.25, -0.2) is 4.39 Å². The number of amides is 1. The van der Waals surface area contributed by atoms with Crippen LogP contribution in [0.15, 0.2) is 36.0 Å². The molecule has 1 fully saturated rings. The summed E-state index contributed by atoms with van der Waals surface area (Å²) in [6.45, 7) is 0. The average Bonchev–Trinajstić information content (AvgIpc) is 2.62. The van der Waals surface area contributed by atoms with Crippen molar-refractivity contribution in [1.29, 1.82) is 0 Å². The lowest BCUT2D eigenvalue weighted by molar-refractivity contribution is -0.132. The van der Waals surface area contributed by atoms with Gasteiger partial charge in [0.05, 0.1) is 6.04 Å². The molecule has 1 aromatic carbocycles. The summed E-state index contributed by atoms with van der Waals surface area (Å²) in [4.78, 5) is 14.3. The molecule has 2 nitrogen and oxygen atoms in total. The summed E-state index contributed by atoms with van der Waals surface area (Å²) in [5, 5.41) is 0. The largest absolute Gasteiger partial charge is 0.309 e. The lowest BCUT2D eigenvalue weighted by atomic mass is 9.93. The molecule has 0 N–H and O–H groups in total. The van der Waals surface area contributed by atoms with E-state index in [1.165, 1.54) is 17.8 Å². The van der Waals surface area contributed by atoms with Crippen molar-refractivity contribution in [3.8, 4) is 0 Å². The first kappa shape index (κ1) is 12.4. The summed E-state index contributed by atoms with van der Waals surface area (Å²) >= 11 is 0. The second-order valence-electron chi connectivity index (χ2n) is 5.31. The van der Waals surface area contributed by atoms with Gasteiger partial charge >= 0.3 is 0 Å². The molecular formula is C16H18FNO. The Balaban J connectivity index is 1.95. The van der Waals surface area contributed by atoms with Crippen molar-refractivity contribution in [1.82, 2.24) is 4.90 Å². The number of hydrogen-bond donors (Lipinski definition) is 0. The Morgan fingerprint density at radius 3 is 2.68 bits per heavy atom. The van der Waals surface area contributed by atoms with Crippen molar-refractivity contribution in [2.75, 3.05) is 0 Å². The number of hydrogen-bond acceptors (Lipinski definition) is 1. The average molecular weight is 259 g/mol. The smallest absolute Gasteiger partial charge is 0.227 e. The third-order valence-corrected chi connectivity index (χ3v) is 4.03. The summed E-state index contributed by atoms with van der Waals surface area (Å²) in [6, 6.07) is 6.67. The Kier molecular flexibility index (Phi) is 3.36. The lowest BCUT2D eigenvalue weighted by Gasteiger charge is -2.37. The highest BCUT2D eigenvalue weighted by molar-refractivity contribution is 5.79. The summed E-state index contributed by atoms with van der Waals surface area (Å²) in [5.41, 5.74) is 2.21. The Hall–Kier alpha value is -1.64. The third-order valence-electron chi connectivity index (χ3n) is 4.03. The molecule has 0 saturated carbocycles. The Bertz CT molecular complexity index is 506. The first-order chi connectivity index (χ1) is 9.25. The minimum Gasteiger partial charge on any atom is -0.309 e. The molecule has 19 heavy (non-hydrogen) atoms. The molecule has 0 spiro atoms. The molecule has 3 rings (SSSR count). The molecule has 1 aromatic rings. The Morgan fingerprint density at radius 2 is 1.89 bits per heavy atom. The van der Waals surface area contributed by atoms with Crippen LogP contribution in [-0.4, -0.2) is 10.8 Å². The van der Waals surface area contributed by atoms with Crippen LogP contribution >= 0.6 is 0 Å². The highest BCUT2D eigenvalue weighted by Crippen LogP contribution is 2.38. The molecular weight excluding hydrogens is 241 g/mol. The fraction of sp³-hybridized carbons (Fsp3) is 0.438. The molecule has 0 radical (unpaired) electrons. The fourth-order valence-electron chi connectivity index (χ4n) is 3.10. The molecule has 1 amide bonds. The highest BCUT2D eigenvalue weighted by atomic mass is 19.1. The van der Waals surface area contributed by atoms with Crippen molar-refractivity contribution in [3.05, 3.63) is 47.4 Å². The van der Waals surface area contributed by atoms with Crippen molar-refractivity contribution >= 4 is 5.91 Å². The molecule has 0 aliphatic carbocycles. The lowest BCUT2D eigenvalue weighted by Crippen LogP contribution is -2.36. The maximum atomic E-state index is 13.0. The molecule has 0 unspecified atom stereocenters. The number of halogens is 1. The van der Waals surface area contributed by atoms with E-state index in [9.17, 15) is 9.18 Å². The Morgan fingerprint density at radius 1 is 1.11 bits per heavy atom. The van der Waals surface area contributed by atoms with Gasteiger partial charge in [-0.15, -0.1) is 0 Å². The molecule has 3 heteroatoms. The van der Waals surface area contributed by atoms with E-state index in [0.717, 1.165) is 37.7 Å². The number of benzene rings is 1.